The Hall–Kier alpha value is -1.42. The number of hydrogen-bond donors (Lipinski definition) is 1. The quantitative estimate of drug-likeness (QED) is 0.633. The van der Waals surface area contributed by atoms with E-state index in [4.69, 9.17) is 4.74 Å². The van der Waals surface area contributed by atoms with Crippen LogP contribution >= 0.6 is 0 Å². The van der Waals surface area contributed by atoms with Crippen molar-refractivity contribution in [2.24, 2.45) is 17.3 Å². The van der Waals surface area contributed by atoms with Gasteiger partial charge in [-0.05, 0) is 45.6 Å². The molecular formula is C20H30O4. The lowest BCUT2D eigenvalue weighted by Gasteiger charge is -2.42. The molecule has 0 bridgehead atoms. The summed E-state index contributed by atoms with van der Waals surface area (Å²) >= 11 is 0. The Morgan fingerprint density at radius 3 is 2.58 bits per heavy atom. The van der Waals surface area contributed by atoms with Crippen LogP contribution in [0.4, 0.5) is 0 Å². The number of ether oxygens (including phenoxy) is 1. The van der Waals surface area contributed by atoms with Crippen LogP contribution in [-0.4, -0.2) is 28.6 Å². The number of allylic oxidation sites excluding steroid dienone is 2. The molecule has 134 valence electrons. The van der Waals surface area contributed by atoms with Crippen molar-refractivity contribution in [1.29, 1.82) is 0 Å². The van der Waals surface area contributed by atoms with E-state index >= 15 is 0 Å². The molecule has 0 spiro atoms. The van der Waals surface area contributed by atoms with Gasteiger partial charge in [0, 0.05) is 23.3 Å². The van der Waals surface area contributed by atoms with Crippen molar-refractivity contribution < 1.29 is 19.4 Å². The average molecular weight is 334 g/mol. The van der Waals surface area contributed by atoms with Crippen molar-refractivity contribution in [3.8, 4) is 0 Å². The Morgan fingerprint density at radius 1 is 1.42 bits per heavy atom. The first-order valence-electron chi connectivity index (χ1n) is 8.84. The van der Waals surface area contributed by atoms with Crippen molar-refractivity contribution in [3.63, 3.8) is 0 Å². The van der Waals surface area contributed by atoms with Gasteiger partial charge in [0.25, 0.3) is 0 Å². The summed E-state index contributed by atoms with van der Waals surface area (Å²) in [6, 6.07) is 0. The van der Waals surface area contributed by atoms with E-state index < -0.39 is 17.1 Å². The summed E-state index contributed by atoms with van der Waals surface area (Å²) in [6.07, 6.45) is 4.57. The van der Waals surface area contributed by atoms with E-state index in [1.807, 2.05) is 27.7 Å². The molecule has 0 aromatic heterocycles. The summed E-state index contributed by atoms with van der Waals surface area (Å²) in [7, 11) is 0. The minimum atomic E-state index is -1.00. The van der Waals surface area contributed by atoms with Crippen LogP contribution in [-0.2, 0) is 14.3 Å². The van der Waals surface area contributed by atoms with E-state index in [9.17, 15) is 14.7 Å². The third kappa shape index (κ3) is 2.97. The summed E-state index contributed by atoms with van der Waals surface area (Å²) in [5, 5.41) is 11.4. The Morgan fingerprint density at radius 2 is 2.04 bits per heavy atom. The zero-order chi connectivity index (χ0) is 18.3. The molecule has 0 unspecified atom stereocenters. The SMILES string of the molecule is C/C=C(/C)C(=O)O[C@H]1CC(C)=CC(=O)[C@@]2(C)CC[C@@](O)(C(C)C)[C@@H]12. The van der Waals surface area contributed by atoms with Crippen molar-refractivity contribution >= 4 is 11.8 Å². The lowest BCUT2D eigenvalue weighted by molar-refractivity contribution is -0.164. The van der Waals surface area contributed by atoms with Gasteiger partial charge in [0.15, 0.2) is 5.78 Å². The number of carbonyl (C=O) groups excluding carboxylic acids is 2. The average Bonchev–Trinajstić information content (AvgIpc) is 2.74. The highest BCUT2D eigenvalue weighted by Crippen LogP contribution is 2.56. The second kappa shape index (κ2) is 6.47. The zero-order valence-electron chi connectivity index (χ0n) is 15.7. The second-order valence-electron chi connectivity index (χ2n) is 8.02. The van der Waals surface area contributed by atoms with Gasteiger partial charge in [-0.15, -0.1) is 0 Å². The number of carbonyl (C=O) groups is 2. The van der Waals surface area contributed by atoms with Crippen LogP contribution in [0.5, 0.6) is 0 Å². The molecule has 2 rings (SSSR count). The van der Waals surface area contributed by atoms with E-state index in [0.29, 0.717) is 24.8 Å². The first-order chi connectivity index (χ1) is 11.1. The maximum absolute atomic E-state index is 12.8. The first kappa shape index (κ1) is 18.9. The Labute approximate surface area is 145 Å². The molecule has 4 heteroatoms. The number of ketones is 1. The highest BCUT2D eigenvalue weighted by Gasteiger charge is 2.62. The summed E-state index contributed by atoms with van der Waals surface area (Å²) in [5.74, 6) is -0.729. The first-order valence-corrected chi connectivity index (χ1v) is 8.84. The number of esters is 1. The van der Waals surface area contributed by atoms with Crippen LogP contribution in [0, 0.1) is 17.3 Å². The van der Waals surface area contributed by atoms with Crippen LogP contribution < -0.4 is 0 Å². The van der Waals surface area contributed by atoms with Crippen LogP contribution in [0.25, 0.3) is 0 Å². The highest BCUT2D eigenvalue weighted by molar-refractivity contribution is 5.96. The topological polar surface area (TPSA) is 63.6 Å². The molecule has 1 fully saturated rings. The largest absolute Gasteiger partial charge is 0.458 e. The van der Waals surface area contributed by atoms with Crippen molar-refractivity contribution in [2.45, 2.75) is 72.5 Å². The van der Waals surface area contributed by atoms with Gasteiger partial charge in [0.1, 0.15) is 6.10 Å². The molecule has 2 aliphatic carbocycles. The molecule has 24 heavy (non-hydrogen) atoms. The second-order valence-corrected chi connectivity index (χ2v) is 8.02. The van der Waals surface area contributed by atoms with E-state index in [1.54, 1.807) is 26.0 Å². The van der Waals surface area contributed by atoms with E-state index in [0.717, 1.165) is 5.57 Å². The van der Waals surface area contributed by atoms with E-state index in [2.05, 4.69) is 0 Å². The third-order valence-corrected chi connectivity index (χ3v) is 6.12. The lowest BCUT2D eigenvalue weighted by Crippen LogP contribution is -2.52. The van der Waals surface area contributed by atoms with Gasteiger partial charge in [-0.25, -0.2) is 4.79 Å². The monoisotopic (exact) mass is 334 g/mol. The van der Waals surface area contributed by atoms with Gasteiger partial charge < -0.3 is 9.84 Å². The van der Waals surface area contributed by atoms with Crippen molar-refractivity contribution in [2.75, 3.05) is 0 Å². The fourth-order valence-electron chi connectivity index (χ4n) is 4.32. The van der Waals surface area contributed by atoms with Crippen molar-refractivity contribution in [3.05, 3.63) is 23.3 Å². The van der Waals surface area contributed by atoms with Crippen molar-refractivity contribution in [1.82, 2.24) is 0 Å². The smallest absolute Gasteiger partial charge is 0.333 e. The molecule has 1 saturated carbocycles. The van der Waals surface area contributed by atoms with Gasteiger partial charge in [-0.2, -0.15) is 0 Å². The van der Waals surface area contributed by atoms with Gasteiger partial charge in [0.2, 0.25) is 0 Å². The molecule has 0 heterocycles. The fraction of sp³-hybridized carbons (Fsp3) is 0.700. The number of rotatable bonds is 3. The Balaban J connectivity index is 2.48. The van der Waals surface area contributed by atoms with Crippen LogP contribution in [0.3, 0.4) is 0 Å². The van der Waals surface area contributed by atoms with Gasteiger partial charge in [-0.1, -0.05) is 32.4 Å². The summed E-state index contributed by atoms with van der Waals surface area (Å²) in [4.78, 5) is 25.2. The molecule has 1 N–H and O–H groups in total. The van der Waals surface area contributed by atoms with Gasteiger partial charge in [0.05, 0.1) is 5.60 Å². The van der Waals surface area contributed by atoms with Crippen LogP contribution in [0.2, 0.25) is 0 Å². The summed E-state index contributed by atoms with van der Waals surface area (Å²) < 4.78 is 5.81. The third-order valence-electron chi connectivity index (χ3n) is 6.12. The molecule has 0 radical (unpaired) electrons. The molecule has 4 atom stereocenters. The lowest BCUT2D eigenvalue weighted by atomic mass is 9.67. The number of hydrogen-bond acceptors (Lipinski definition) is 4. The van der Waals surface area contributed by atoms with E-state index in [1.165, 1.54) is 0 Å². The van der Waals surface area contributed by atoms with Gasteiger partial charge >= 0.3 is 5.97 Å². The standard InChI is InChI=1S/C20H30O4/c1-7-14(5)18(22)24-15-10-13(4)11-16(21)19(6)8-9-20(23,12(2)3)17(15)19/h7,11-12,15,17,23H,8-10H2,1-6H3/b14-7-/t15-,17-,19+,20+/m0/s1. The molecular weight excluding hydrogens is 304 g/mol. The molecule has 2 aliphatic rings. The molecule has 0 aromatic rings. The van der Waals surface area contributed by atoms with E-state index in [-0.39, 0.29) is 23.6 Å². The minimum absolute atomic E-state index is 0.0143. The fourth-order valence-corrected chi connectivity index (χ4v) is 4.32. The Kier molecular flexibility index (Phi) is 5.10. The molecule has 0 amide bonds. The molecule has 0 saturated heterocycles. The van der Waals surface area contributed by atoms with Crippen LogP contribution in [0.15, 0.2) is 23.3 Å². The van der Waals surface area contributed by atoms with Crippen LogP contribution in [0.1, 0.15) is 60.8 Å². The highest BCUT2D eigenvalue weighted by atomic mass is 16.5. The predicted octanol–water partition coefficient (Wildman–Crippen LogP) is 3.59. The maximum atomic E-state index is 12.8. The maximum Gasteiger partial charge on any atom is 0.333 e. The molecule has 4 nitrogen and oxygen atoms in total. The Bertz CT molecular complexity index is 601. The molecule has 0 aliphatic heterocycles. The minimum Gasteiger partial charge on any atom is -0.458 e. The zero-order valence-corrected chi connectivity index (χ0v) is 15.7. The summed E-state index contributed by atoms with van der Waals surface area (Å²) in [6.45, 7) is 11.3. The predicted molar refractivity (Wildman–Crippen MR) is 93.3 cm³/mol. The number of aliphatic hydroxyl groups is 1. The van der Waals surface area contributed by atoms with Gasteiger partial charge in [-0.3, -0.25) is 4.79 Å². The molecule has 0 aromatic carbocycles. The number of fused-ring (bicyclic) bond motifs is 1. The normalized spacial score (nSPS) is 37.1. The summed E-state index contributed by atoms with van der Waals surface area (Å²) in [5.41, 5.74) is -0.249.